The highest BCUT2D eigenvalue weighted by Crippen LogP contribution is 2.39. The molecule has 0 aliphatic carbocycles. The van der Waals surface area contributed by atoms with Gasteiger partial charge in [-0.15, -0.1) is 0 Å². The number of amides is 1. The molecule has 0 aliphatic rings. The minimum absolute atomic E-state index is 0.0289. The number of rotatable bonds is 7. The van der Waals surface area contributed by atoms with E-state index >= 15 is 0 Å². The normalized spacial score (nSPS) is 11.3. The van der Waals surface area contributed by atoms with Gasteiger partial charge < -0.3 is 10.1 Å². The van der Waals surface area contributed by atoms with Gasteiger partial charge in [-0.05, 0) is 69.9 Å². The Labute approximate surface area is 204 Å². The molecule has 6 nitrogen and oxygen atoms in total. The second-order valence-corrected chi connectivity index (χ2v) is 10.1. The number of anilines is 1. The average molecular weight is 558 g/mol. The summed E-state index contributed by atoms with van der Waals surface area (Å²) in [4.78, 5) is 12.5. The highest BCUT2D eigenvalue weighted by Gasteiger charge is 2.14. The van der Waals surface area contributed by atoms with Crippen molar-refractivity contribution in [1.82, 2.24) is 0 Å². The van der Waals surface area contributed by atoms with Crippen molar-refractivity contribution in [2.75, 3.05) is 5.32 Å². The van der Waals surface area contributed by atoms with Gasteiger partial charge in [0.15, 0.2) is 0 Å². The zero-order valence-electron chi connectivity index (χ0n) is 16.9. The Morgan fingerprint density at radius 1 is 1.06 bits per heavy atom. The van der Waals surface area contributed by atoms with Gasteiger partial charge in [0.2, 0.25) is 15.9 Å². The summed E-state index contributed by atoms with van der Waals surface area (Å²) in [5.41, 5.74) is 2.13. The fourth-order valence-corrected chi connectivity index (χ4v) is 4.38. The van der Waals surface area contributed by atoms with Crippen LogP contribution in [0.25, 0.3) is 0 Å². The predicted molar refractivity (Wildman–Crippen MR) is 130 cm³/mol. The molecule has 0 spiro atoms. The fraction of sp³-hybridized carbons (Fsp3) is 0.136. The van der Waals surface area contributed by atoms with Gasteiger partial charge in [-0.3, -0.25) is 4.79 Å². The van der Waals surface area contributed by atoms with E-state index in [0.29, 0.717) is 31.7 Å². The van der Waals surface area contributed by atoms with Crippen LogP contribution in [0.1, 0.15) is 18.1 Å². The molecule has 168 valence electrons. The lowest BCUT2D eigenvalue weighted by molar-refractivity contribution is -0.115. The van der Waals surface area contributed by atoms with E-state index in [1.165, 1.54) is 24.3 Å². The Hall–Kier alpha value is -2.10. The molecule has 1 amide bonds. The minimum Gasteiger partial charge on any atom is -0.455 e. The van der Waals surface area contributed by atoms with Gasteiger partial charge in [-0.2, -0.15) is 0 Å². The smallest absolute Gasteiger partial charge is 0.238 e. The van der Waals surface area contributed by atoms with Crippen molar-refractivity contribution in [3.63, 3.8) is 0 Å². The van der Waals surface area contributed by atoms with E-state index in [9.17, 15) is 13.2 Å². The Morgan fingerprint density at radius 2 is 1.75 bits per heavy atom. The van der Waals surface area contributed by atoms with E-state index < -0.39 is 10.0 Å². The molecule has 0 unspecified atom stereocenters. The lowest BCUT2D eigenvalue weighted by Crippen LogP contribution is -2.15. The van der Waals surface area contributed by atoms with Gasteiger partial charge >= 0.3 is 0 Å². The van der Waals surface area contributed by atoms with Crippen LogP contribution in [0, 0.1) is 0 Å². The van der Waals surface area contributed by atoms with Gasteiger partial charge in [-0.25, -0.2) is 13.6 Å². The first kappa shape index (κ1) is 24.5. The number of aryl methyl sites for hydroxylation is 1. The number of sulfonamides is 1. The Balaban J connectivity index is 1.77. The molecule has 0 radical (unpaired) electrons. The summed E-state index contributed by atoms with van der Waals surface area (Å²) >= 11 is 15.8. The van der Waals surface area contributed by atoms with Crippen LogP contribution in [0.2, 0.25) is 10.0 Å². The van der Waals surface area contributed by atoms with Crippen LogP contribution in [0.5, 0.6) is 11.5 Å². The van der Waals surface area contributed by atoms with Crippen molar-refractivity contribution in [3.05, 3.63) is 80.2 Å². The lowest BCUT2D eigenvalue weighted by Gasteiger charge is -2.14. The molecule has 3 aromatic carbocycles. The molecule has 0 bridgehead atoms. The van der Waals surface area contributed by atoms with Gasteiger partial charge in [0, 0.05) is 21.2 Å². The quantitative estimate of drug-likeness (QED) is 0.351. The van der Waals surface area contributed by atoms with E-state index in [4.69, 9.17) is 33.1 Å². The van der Waals surface area contributed by atoms with Crippen LogP contribution in [0.4, 0.5) is 5.69 Å². The standard InChI is InChI=1S/C22H19BrCl2N2O4S/c1-2-14-4-3-13(9-19(14)31-20-12-15(24)11-18(23)22(20)25)10-21(28)27-16-5-7-17(8-6-16)32(26,29)30/h3-9,11-12H,2,10H2,1H3,(H,27,28)(H2,26,29,30). The molecule has 0 fully saturated rings. The van der Waals surface area contributed by atoms with Gasteiger partial charge in [0.05, 0.1) is 16.3 Å². The predicted octanol–water partition coefficient (Wildman–Crippen LogP) is 5.94. The average Bonchev–Trinajstić information content (AvgIpc) is 2.71. The maximum atomic E-state index is 12.5. The van der Waals surface area contributed by atoms with Crippen molar-refractivity contribution in [1.29, 1.82) is 0 Å². The molecule has 10 heteroatoms. The van der Waals surface area contributed by atoms with Crippen molar-refractivity contribution < 1.29 is 17.9 Å². The monoisotopic (exact) mass is 556 g/mol. The van der Waals surface area contributed by atoms with Gasteiger partial charge in [-0.1, -0.05) is 42.3 Å². The van der Waals surface area contributed by atoms with Crippen molar-refractivity contribution in [3.8, 4) is 11.5 Å². The molecular formula is C22H19BrCl2N2O4S. The molecule has 0 atom stereocenters. The van der Waals surface area contributed by atoms with Crippen LogP contribution >= 0.6 is 39.1 Å². The number of benzene rings is 3. The number of nitrogens with two attached hydrogens (primary N) is 1. The number of hydrogen-bond donors (Lipinski definition) is 2. The van der Waals surface area contributed by atoms with E-state index in [1.807, 2.05) is 19.1 Å². The van der Waals surface area contributed by atoms with E-state index in [2.05, 4.69) is 21.2 Å². The largest absolute Gasteiger partial charge is 0.455 e. The van der Waals surface area contributed by atoms with Crippen molar-refractivity contribution in [2.24, 2.45) is 5.14 Å². The summed E-state index contributed by atoms with van der Waals surface area (Å²) < 4.78 is 29.3. The molecule has 0 saturated heterocycles. The van der Waals surface area contributed by atoms with Gasteiger partial charge in [0.1, 0.15) is 11.5 Å². The molecule has 0 aliphatic heterocycles. The lowest BCUT2D eigenvalue weighted by atomic mass is 10.1. The van der Waals surface area contributed by atoms with Gasteiger partial charge in [0.25, 0.3) is 0 Å². The second kappa shape index (κ2) is 10.2. The molecule has 0 saturated carbocycles. The molecule has 3 rings (SSSR count). The van der Waals surface area contributed by atoms with Crippen molar-refractivity contribution in [2.45, 2.75) is 24.7 Å². The topological polar surface area (TPSA) is 98.5 Å². The minimum atomic E-state index is -3.79. The molecular weight excluding hydrogens is 539 g/mol. The third-order valence-corrected chi connectivity index (χ3v) is 6.91. The summed E-state index contributed by atoms with van der Waals surface area (Å²) in [6.07, 6.45) is 0.807. The van der Waals surface area contributed by atoms with Crippen LogP contribution in [-0.2, 0) is 27.7 Å². The fourth-order valence-electron chi connectivity index (χ4n) is 2.94. The van der Waals surface area contributed by atoms with E-state index in [0.717, 1.165) is 17.5 Å². The molecule has 0 heterocycles. The highest BCUT2D eigenvalue weighted by molar-refractivity contribution is 9.10. The molecule has 3 N–H and O–H groups in total. The first-order valence-corrected chi connectivity index (χ1v) is 12.5. The zero-order chi connectivity index (χ0) is 23.5. The highest BCUT2D eigenvalue weighted by atomic mass is 79.9. The Kier molecular flexibility index (Phi) is 7.84. The van der Waals surface area contributed by atoms with Crippen LogP contribution in [0.3, 0.4) is 0 Å². The third kappa shape index (κ3) is 6.24. The van der Waals surface area contributed by atoms with Crippen LogP contribution in [-0.4, -0.2) is 14.3 Å². The SMILES string of the molecule is CCc1ccc(CC(=O)Nc2ccc(S(N)(=O)=O)cc2)cc1Oc1cc(Cl)cc(Br)c1Cl. The maximum absolute atomic E-state index is 12.5. The summed E-state index contributed by atoms with van der Waals surface area (Å²) in [7, 11) is -3.79. The summed E-state index contributed by atoms with van der Waals surface area (Å²) in [6, 6.07) is 14.5. The van der Waals surface area contributed by atoms with E-state index in [1.54, 1.807) is 18.2 Å². The zero-order valence-corrected chi connectivity index (χ0v) is 20.8. The first-order valence-electron chi connectivity index (χ1n) is 9.43. The van der Waals surface area contributed by atoms with Crippen molar-refractivity contribution >= 4 is 60.7 Å². The third-order valence-electron chi connectivity index (χ3n) is 4.52. The summed E-state index contributed by atoms with van der Waals surface area (Å²) in [6.45, 7) is 2.00. The van der Waals surface area contributed by atoms with E-state index in [-0.39, 0.29) is 17.2 Å². The first-order chi connectivity index (χ1) is 15.1. The maximum Gasteiger partial charge on any atom is 0.238 e. The number of carbonyl (C=O) groups excluding carboxylic acids is 1. The van der Waals surface area contributed by atoms with Crippen LogP contribution in [0.15, 0.2) is 64.0 Å². The number of halogens is 3. The number of nitrogens with one attached hydrogen (secondary N) is 1. The number of carbonyl (C=O) groups is 1. The Bertz CT molecular complexity index is 1270. The van der Waals surface area contributed by atoms with Crippen LogP contribution < -0.4 is 15.2 Å². The number of ether oxygens (including phenoxy) is 1. The Morgan fingerprint density at radius 3 is 2.38 bits per heavy atom. The molecule has 32 heavy (non-hydrogen) atoms. The molecule has 0 aromatic heterocycles. The second-order valence-electron chi connectivity index (χ2n) is 6.89. The summed E-state index contributed by atoms with van der Waals surface area (Å²) in [5, 5.41) is 8.68. The summed E-state index contributed by atoms with van der Waals surface area (Å²) in [5.74, 6) is 0.704. The molecule has 3 aromatic rings. The number of hydrogen-bond acceptors (Lipinski definition) is 4. The number of primary sulfonamides is 1.